The third kappa shape index (κ3) is 2.83. The lowest BCUT2D eigenvalue weighted by molar-refractivity contribution is -0.0740. The average molecular weight is 240 g/mol. The molecule has 0 aromatic heterocycles. The van der Waals surface area contributed by atoms with Crippen LogP contribution >= 0.6 is 0 Å². The zero-order valence-electron chi connectivity index (χ0n) is 11.6. The van der Waals surface area contributed by atoms with Crippen molar-refractivity contribution < 1.29 is 4.74 Å². The Labute approximate surface area is 106 Å². The van der Waals surface area contributed by atoms with Crippen LogP contribution < -0.4 is 5.32 Å². The molecule has 1 aliphatic heterocycles. The highest BCUT2D eigenvalue weighted by atomic mass is 16.5. The smallest absolute Gasteiger partial charge is 0.0731 e. The van der Waals surface area contributed by atoms with Gasteiger partial charge < -0.3 is 10.1 Å². The first-order chi connectivity index (χ1) is 8.27. The molecule has 17 heavy (non-hydrogen) atoms. The van der Waals surface area contributed by atoms with Crippen LogP contribution in [0.15, 0.2) is 0 Å². The SMILES string of the molecule is CCNC(CC)C(C)N1CCOC2CCCC21. The van der Waals surface area contributed by atoms with E-state index in [0.29, 0.717) is 24.2 Å². The maximum Gasteiger partial charge on any atom is 0.0731 e. The second kappa shape index (κ2) is 6.17. The summed E-state index contributed by atoms with van der Waals surface area (Å²) in [5.74, 6) is 0. The Bertz CT molecular complexity index is 234. The molecule has 2 rings (SSSR count). The van der Waals surface area contributed by atoms with Crippen molar-refractivity contribution >= 4 is 0 Å². The average Bonchev–Trinajstić information content (AvgIpc) is 2.83. The summed E-state index contributed by atoms with van der Waals surface area (Å²) in [6, 6.07) is 1.94. The maximum absolute atomic E-state index is 5.89. The Hall–Kier alpha value is -0.120. The normalized spacial score (nSPS) is 33.4. The van der Waals surface area contributed by atoms with Crippen molar-refractivity contribution in [2.75, 3.05) is 19.7 Å². The van der Waals surface area contributed by atoms with Crippen LogP contribution in [0.5, 0.6) is 0 Å². The molecule has 0 spiro atoms. The van der Waals surface area contributed by atoms with Gasteiger partial charge in [-0.3, -0.25) is 4.90 Å². The lowest BCUT2D eigenvalue weighted by atomic mass is 10.0. The van der Waals surface area contributed by atoms with E-state index >= 15 is 0 Å². The summed E-state index contributed by atoms with van der Waals surface area (Å²) in [6.07, 6.45) is 5.68. The Morgan fingerprint density at radius 3 is 2.88 bits per heavy atom. The molecular formula is C14H28N2O. The number of rotatable bonds is 5. The third-order valence-corrected chi connectivity index (χ3v) is 4.54. The minimum Gasteiger partial charge on any atom is -0.375 e. The van der Waals surface area contributed by atoms with Gasteiger partial charge in [0.1, 0.15) is 0 Å². The fourth-order valence-corrected chi connectivity index (χ4v) is 3.61. The van der Waals surface area contributed by atoms with Crippen molar-refractivity contribution in [2.24, 2.45) is 0 Å². The highest BCUT2D eigenvalue weighted by Crippen LogP contribution is 2.31. The van der Waals surface area contributed by atoms with Crippen LogP contribution in [0.2, 0.25) is 0 Å². The standard InChI is InChI=1S/C14H28N2O/c1-4-12(15-5-2)11(3)16-9-10-17-14-8-6-7-13(14)16/h11-15H,4-10H2,1-3H3. The predicted octanol–water partition coefficient (Wildman–Crippen LogP) is 2.02. The lowest BCUT2D eigenvalue weighted by Gasteiger charge is -2.44. The van der Waals surface area contributed by atoms with Crippen LogP contribution in [0.3, 0.4) is 0 Å². The summed E-state index contributed by atoms with van der Waals surface area (Å²) in [7, 11) is 0. The summed E-state index contributed by atoms with van der Waals surface area (Å²) in [6.45, 7) is 9.99. The van der Waals surface area contributed by atoms with Gasteiger partial charge >= 0.3 is 0 Å². The molecule has 3 nitrogen and oxygen atoms in total. The van der Waals surface area contributed by atoms with Crippen LogP contribution in [0.25, 0.3) is 0 Å². The molecule has 0 radical (unpaired) electrons. The molecule has 0 bridgehead atoms. The summed E-state index contributed by atoms with van der Waals surface area (Å²) < 4.78 is 5.89. The Morgan fingerprint density at radius 1 is 1.35 bits per heavy atom. The van der Waals surface area contributed by atoms with Gasteiger partial charge in [-0.1, -0.05) is 13.8 Å². The molecule has 2 fully saturated rings. The Balaban J connectivity index is 1.98. The van der Waals surface area contributed by atoms with Crippen molar-refractivity contribution in [3.05, 3.63) is 0 Å². The van der Waals surface area contributed by atoms with Crippen LogP contribution in [-0.4, -0.2) is 48.8 Å². The molecule has 1 N–H and O–H groups in total. The van der Waals surface area contributed by atoms with E-state index < -0.39 is 0 Å². The molecule has 4 atom stereocenters. The number of morpholine rings is 1. The zero-order chi connectivity index (χ0) is 12.3. The molecule has 1 aliphatic carbocycles. The van der Waals surface area contributed by atoms with E-state index in [2.05, 4.69) is 31.0 Å². The number of hydrogen-bond donors (Lipinski definition) is 1. The molecular weight excluding hydrogens is 212 g/mol. The molecule has 4 unspecified atom stereocenters. The van der Waals surface area contributed by atoms with Crippen LogP contribution in [0.1, 0.15) is 46.5 Å². The van der Waals surface area contributed by atoms with Gasteiger partial charge in [0.2, 0.25) is 0 Å². The van der Waals surface area contributed by atoms with E-state index in [9.17, 15) is 0 Å². The van der Waals surface area contributed by atoms with Crippen LogP contribution in [0, 0.1) is 0 Å². The minimum absolute atomic E-state index is 0.519. The first-order valence-corrected chi connectivity index (χ1v) is 7.38. The van der Waals surface area contributed by atoms with Gasteiger partial charge in [-0.05, 0) is 39.2 Å². The van der Waals surface area contributed by atoms with Gasteiger partial charge in [0.05, 0.1) is 12.7 Å². The summed E-state index contributed by atoms with van der Waals surface area (Å²) in [4.78, 5) is 2.71. The van der Waals surface area contributed by atoms with E-state index in [4.69, 9.17) is 4.74 Å². The fraction of sp³-hybridized carbons (Fsp3) is 1.00. The second-order valence-corrected chi connectivity index (χ2v) is 5.46. The number of nitrogens with zero attached hydrogens (tertiary/aromatic N) is 1. The van der Waals surface area contributed by atoms with Gasteiger partial charge in [0.25, 0.3) is 0 Å². The van der Waals surface area contributed by atoms with Gasteiger partial charge in [-0.15, -0.1) is 0 Å². The monoisotopic (exact) mass is 240 g/mol. The topological polar surface area (TPSA) is 24.5 Å². The van der Waals surface area contributed by atoms with E-state index in [0.717, 1.165) is 19.7 Å². The number of ether oxygens (including phenoxy) is 1. The predicted molar refractivity (Wildman–Crippen MR) is 71.3 cm³/mol. The van der Waals surface area contributed by atoms with Gasteiger partial charge in [0, 0.05) is 24.7 Å². The van der Waals surface area contributed by atoms with Crippen molar-refractivity contribution in [3.63, 3.8) is 0 Å². The van der Waals surface area contributed by atoms with Gasteiger partial charge in [-0.2, -0.15) is 0 Å². The van der Waals surface area contributed by atoms with Crippen molar-refractivity contribution in [1.29, 1.82) is 0 Å². The first kappa shape index (κ1) is 13.3. The van der Waals surface area contributed by atoms with Gasteiger partial charge in [-0.25, -0.2) is 0 Å². The molecule has 1 saturated carbocycles. The number of hydrogen-bond acceptors (Lipinski definition) is 3. The summed E-state index contributed by atoms with van der Waals surface area (Å²) in [5, 5.41) is 3.63. The Kier molecular flexibility index (Phi) is 4.83. The number of fused-ring (bicyclic) bond motifs is 1. The van der Waals surface area contributed by atoms with Crippen molar-refractivity contribution in [2.45, 2.75) is 70.7 Å². The van der Waals surface area contributed by atoms with Crippen LogP contribution in [0.4, 0.5) is 0 Å². The number of likely N-dealkylation sites (N-methyl/N-ethyl adjacent to an activating group) is 1. The fourth-order valence-electron chi connectivity index (χ4n) is 3.61. The van der Waals surface area contributed by atoms with E-state index in [1.54, 1.807) is 0 Å². The van der Waals surface area contributed by atoms with E-state index in [-0.39, 0.29) is 0 Å². The molecule has 0 aromatic carbocycles. The van der Waals surface area contributed by atoms with E-state index in [1.807, 2.05) is 0 Å². The molecule has 0 amide bonds. The van der Waals surface area contributed by atoms with E-state index in [1.165, 1.54) is 25.7 Å². The Morgan fingerprint density at radius 2 is 2.18 bits per heavy atom. The molecule has 1 saturated heterocycles. The molecule has 3 heteroatoms. The quantitative estimate of drug-likeness (QED) is 0.795. The molecule has 1 heterocycles. The molecule has 100 valence electrons. The molecule has 2 aliphatic rings. The molecule has 0 aromatic rings. The lowest BCUT2D eigenvalue weighted by Crippen LogP contribution is -2.57. The summed E-state index contributed by atoms with van der Waals surface area (Å²) in [5.41, 5.74) is 0. The number of nitrogens with one attached hydrogen (secondary N) is 1. The van der Waals surface area contributed by atoms with Crippen molar-refractivity contribution in [3.8, 4) is 0 Å². The third-order valence-electron chi connectivity index (χ3n) is 4.54. The summed E-state index contributed by atoms with van der Waals surface area (Å²) >= 11 is 0. The largest absolute Gasteiger partial charge is 0.375 e. The van der Waals surface area contributed by atoms with Gasteiger partial charge in [0.15, 0.2) is 0 Å². The van der Waals surface area contributed by atoms with Crippen LogP contribution in [-0.2, 0) is 4.74 Å². The van der Waals surface area contributed by atoms with Crippen molar-refractivity contribution in [1.82, 2.24) is 10.2 Å². The zero-order valence-corrected chi connectivity index (χ0v) is 11.6. The highest BCUT2D eigenvalue weighted by molar-refractivity contribution is 4.94. The second-order valence-electron chi connectivity index (χ2n) is 5.46. The highest BCUT2D eigenvalue weighted by Gasteiger charge is 2.39. The maximum atomic E-state index is 5.89. The first-order valence-electron chi connectivity index (χ1n) is 7.38. The minimum atomic E-state index is 0.519.